The van der Waals surface area contributed by atoms with E-state index >= 15 is 0 Å². The molecule has 2 unspecified atom stereocenters. The van der Waals surface area contributed by atoms with Crippen LogP contribution in [0.3, 0.4) is 0 Å². The fourth-order valence-electron chi connectivity index (χ4n) is 3.63. The standard InChI is InChI=1S/C16H20N4S/c1-12-3-4-15(21-12)11-19-7-13-9-20(10-14(13)8-19)16-17-5-2-6-18-16/h2-6,13-14H,7-11H2,1H3. The Bertz CT molecular complexity index is 598. The molecule has 2 aromatic heterocycles. The molecule has 0 amide bonds. The van der Waals surface area contributed by atoms with Gasteiger partial charge in [0, 0.05) is 54.9 Å². The highest BCUT2D eigenvalue weighted by Crippen LogP contribution is 2.33. The molecule has 4 heterocycles. The minimum Gasteiger partial charge on any atom is -0.340 e. The molecule has 0 saturated carbocycles. The predicted molar refractivity (Wildman–Crippen MR) is 85.6 cm³/mol. The lowest BCUT2D eigenvalue weighted by Gasteiger charge is -2.20. The molecule has 4 rings (SSSR count). The van der Waals surface area contributed by atoms with Crippen molar-refractivity contribution in [2.45, 2.75) is 13.5 Å². The van der Waals surface area contributed by atoms with E-state index in [0.29, 0.717) is 0 Å². The van der Waals surface area contributed by atoms with Gasteiger partial charge < -0.3 is 4.90 Å². The monoisotopic (exact) mass is 300 g/mol. The van der Waals surface area contributed by atoms with Gasteiger partial charge in [0.15, 0.2) is 0 Å². The zero-order valence-corrected chi connectivity index (χ0v) is 13.1. The number of fused-ring (bicyclic) bond motifs is 1. The Balaban J connectivity index is 1.37. The molecule has 2 aliphatic heterocycles. The van der Waals surface area contributed by atoms with E-state index in [1.54, 1.807) is 0 Å². The van der Waals surface area contributed by atoms with Crippen LogP contribution in [0.15, 0.2) is 30.6 Å². The SMILES string of the molecule is Cc1ccc(CN2CC3CN(c4ncccn4)CC3C2)s1. The van der Waals surface area contributed by atoms with Crippen LogP contribution in [0.4, 0.5) is 5.95 Å². The van der Waals surface area contributed by atoms with Crippen LogP contribution in [0, 0.1) is 18.8 Å². The summed E-state index contributed by atoms with van der Waals surface area (Å²) in [6, 6.07) is 6.38. The second-order valence-corrected chi connectivity index (χ2v) is 7.55. The molecular formula is C16H20N4S. The Morgan fingerprint density at radius 3 is 2.43 bits per heavy atom. The van der Waals surface area contributed by atoms with Crippen molar-refractivity contribution in [1.29, 1.82) is 0 Å². The van der Waals surface area contributed by atoms with E-state index in [0.717, 1.165) is 37.4 Å². The minimum atomic E-state index is 0.773. The van der Waals surface area contributed by atoms with Gasteiger partial charge in [-0.2, -0.15) is 0 Å². The quantitative estimate of drug-likeness (QED) is 0.871. The van der Waals surface area contributed by atoms with Crippen molar-refractivity contribution in [2.24, 2.45) is 11.8 Å². The third kappa shape index (κ3) is 2.68. The maximum absolute atomic E-state index is 4.38. The van der Waals surface area contributed by atoms with Crippen molar-refractivity contribution in [3.8, 4) is 0 Å². The first kappa shape index (κ1) is 13.2. The Hall–Kier alpha value is -1.46. The van der Waals surface area contributed by atoms with E-state index in [2.05, 4.69) is 38.8 Å². The van der Waals surface area contributed by atoms with Gasteiger partial charge in [0.2, 0.25) is 5.95 Å². The van der Waals surface area contributed by atoms with Crippen molar-refractivity contribution in [1.82, 2.24) is 14.9 Å². The Kier molecular flexibility index (Phi) is 3.39. The van der Waals surface area contributed by atoms with E-state index in [1.807, 2.05) is 29.8 Å². The molecule has 0 radical (unpaired) electrons. The van der Waals surface area contributed by atoms with E-state index < -0.39 is 0 Å². The summed E-state index contributed by atoms with van der Waals surface area (Å²) in [7, 11) is 0. The largest absolute Gasteiger partial charge is 0.340 e. The highest BCUT2D eigenvalue weighted by molar-refractivity contribution is 7.11. The molecule has 0 aromatic carbocycles. The number of aryl methyl sites for hydroxylation is 1. The zero-order chi connectivity index (χ0) is 14.2. The number of aromatic nitrogens is 2. The van der Waals surface area contributed by atoms with Crippen molar-refractivity contribution < 1.29 is 0 Å². The number of hydrogen-bond acceptors (Lipinski definition) is 5. The second-order valence-electron chi connectivity index (χ2n) is 6.18. The van der Waals surface area contributed by atoms with Crippen LogP contribution in [0.25, 0.3) is 0 Å². The van der Waals surface area contributed by atoms with Crippen molar-refractivity contribution in [3.63, 3.8) is 0 Å². The molecule has 2 aliphatic rings. The smallest absolute Gasteiger partial charge is 0.225 e. The van der Waals surface area contributed by atoms with Gasteiger partial charge in [-0.15, -0.1) is 11.3 Å². The van der Waals surface area contributed by atoms with Crippen LogP contribution in [-0.4, -0.2) is 41.0 Å². The summed E-state index contributed by atoms with van der Waals surface area (Å²) in [4.78, 5) is 16.6. The topological polar surface area (TPSA) is 32.3 Å². The molecule has 0 spiro atoms. The summed E-state index contributed by atoms with van der Waals surface area (Å²) < 4.78 is 0. The molecule has 2 saturated heterocycles. The lowest BCUT2D eigenvalue weighted by atomic mass is 10.0. The molecule has 5 heteroatoms. The number of thiophene rings is 1. The van der Waals surface area contributed by atoms with Gasteiger partial charge in [-0.25, -0.2) is 9.97 Å². The molecule has 2 atom stereocenters. The van der Waals surface area contributed by atoms with Crippen LogP contribution >= 0.6 is 11.3 Å². The van der Waals surface area contributed by atoms with Crippen LogP contribution in [0.2, 0.25) is 0 Å². The zero-order valence-electron chi connectivity index (χ0n) is 12.3. The van der Waals surface area contributed by atoms with Crippen molar-refractivity contribution in [2.75, 3.05) is 31.1 Å². The number of anilines is 1. The predicted octanol–water partition coefficient (Wildman–Crippen LogP) is 2.41. The molecule has 0 N–H and O–H groups in total. The first-order valence-electron chi connectivity index (χ1n) is 7.57. The molecule has 110 valence electrons. The molecule has 0 bridgehead atoms. The number of nitrogens with zero attached hydrogens (tertiary/aromatic N) is 4. The molecule has 2 aromatic rings. The first-order chi connectivity index (χ1) is 10.3. The molecular weight excluding hydrogens is 280 g/mol. The van der Waals surface area contributed by atoms with Gasteiger partial charge >= 0.3 is 0 Å². The van der Waals surface area contributed by atoms with E-state index in [-0.39, 0.29) is 0 Å². The summed E-state index contributed by atoms with van der Waals surface area (Å²) in [5, 5.41) is 0. The maximum Gasteiger partial charge on any atom is 0.225 e. The van der Waals surface area contributed by atoms with Gasteiger partial charge in [0.1, 0.15) is 0 Å². The van der Waals surface area contributed by atoms with Gasteiger partial charge in [-0.1, -0.05) is 0 Å². The van der Waals surface area contributed by atoms with Gasteiger partial charge in [0.25, 0.3) is 0 Å². The molecule has 2 fully saturated rings. The first-order valence-corrected chi connectivity index (χ1v) is 8.39. The van der Waals surface area contributed by atoms with Crippen LogP contribution < -0.4 is 4.90 Å². The normalized spacial score (nSPS) is 25.5. The van der Waals surface area contributed by atoms with Crippen LogP contribution in [0.5, 0.6) is 0 Å². The number of hydrogen-bond donors (Lipinski definition) is 0. The lowest BCUT2D eigenvalue weighted by molar-refractivity contribution is 0.311. The van der Waals surface area contributed by atoms with Crippen LogP contribution in [0.1, 0.15) is 9.75 Å². The minimum absolute atomic E-state index is 0.773. The van der Waals surface area contributed by atoms with E-state index in [1.165, 1.54) is 22.8 Å². The highest BCUT2D eigenvalue weighted by atomic mass is 32.1. The summed E-state index contributed by atoms with van der Waals surface area (Å²) in [6.45, 7) is 7.94. The highest BCUT2D eigenvalue weighted by Gasteiger charge is 2.40. The molecule has 4 nitrogen and oxygen atoms in total. The third-order valence-electron chi connectivity index (χ3n) is 4.57. The Morgan fingerprint density at radius 1 is 1.10 bits per heavy atom. The van der Waals surface area contributed by atoms with Crippen molar-refractivity contribution in [3.05, 3.63) is 40.3 Å². The maximum atomic E-state index is 4.38. The Labute approximate surface area is 129 Å². The fraction of sp³-hybridized carbons (Fsp3) is 0.500. The van der Waals surface area contributed by atoms with E-state index in [9.17, 15) is 0 Å². The van der Waals surface area contributed by atoms with Gasteiger partial charge in [-0.3, -0.25) is 4.90 Å². The van der Waals surface area contributed by atoms with Crippen LogP contribution in [-0.2, 0) is 6.54 Å². The molecule has 21 heavy (non-hydrogen) atoms. The van der Waals surface area contributed by atoms with Gasteiger partial charge in [-0.05, 0) is 37.0 Å². The summed E-state index contributed by atoms with van der Waals surface area (Å²) >= 11 is 1.93. The van der Waals surface area contributed by atoms with Crippen molar-refractivity contribution >= 4 is 17.3 Å². The lowest BCUT2D eigenvalue weighted by Crippen LogP contribution is -2.29. The number of rotatable bonds is 3. The third-order valence-corrected chi connectivity index (χ3v) is 5.56. The Morgan fingerprint density at radius 2 is 1.81 bits per heavy atom. The second kappa shape index (κ2) is 5.39. The average Bonchev–Trinajstić information content (AvgIpc) is 3.15. The van der Waals surface area contributed by atoms with Gasteiger partial charge in [0.05, 0.1) is 0 Å². The molecule has 0 aliphatic carbocycles. The number of likely N-dealkylation sites (tertiary alicyclic amines) is 1. The summed E-state index contributed by atoms with van der Waals surface area (Å²) in [5.41, 5.74) is 0. The summed E-state index contributed by atoms with van der Waals surface area (Å²) in [5.74, 6) is 2.44. The van der Waals surface area contributed by atoms with E-state index in [4.69, 9.17) is 0 Å². The average molecular weight is 300 g/mol. The fourth-order valence-corrected chi connectivity index (χ4v) is 4.56. The summed E-state index contributed by atoms with van der Waals surface area (Å²) in [6.07, 6.45) is 3.67.